The van der Waals surface area contributed by atoms with Gasteiger partial charge in [-0.2, -0.15) is 0 Å². The molecule has 1 N–H and O–H groups in total. The lowest BCUT2D eigenvalue weighted by molar-refractivity contribution is -0.116. The highest BCUT2D eigenvalue weighted by molar-refractivity contribution is 7.90. The van der Waals surface area contributed by atoms with Crippen LogP contribution in [-0.4, -0.2) is 70.2 Å². The van der Waals surface area contributed by atoms with Gasteiger partial charge in [-0.25, -0.2) is 8.42 Å². The number of hydrogen-bond donors (Lipinski definition) is 1. The van der Waals surface area contributed by atoms with Gasteiger partial charge in [0.15, 0.2) is 9.84 Å². The molecule has 1 heterocycles. The van der Waals surface area contributed by atoms with Gasteiger partial charge in [0.1, 0.15) is 5.75 Å². The molecule has 7 nitrogen and oxygen atoms in total. The molecule has 0 unspecified atom stereocenters. The molecule has 31 heavy (non-hydrogen) atoms. The van der Waals surface area contributed by atoms with Crippen molar-refractivity contribution in [3.63, 3.8) is 0 Å². The van der Waals surface area contributed by atoms with E-state index >= 15 is 0 Å². The van der Waals surface area contributed by atoms with Gasteiger partial charge in [-0.05, 0) is 55.4 Å². The van der Waals surface area contributed by atoms with Crippen molar-refractivity contribution >= 4 is 21.4 Å². The van der Waals surface area contributed by atoms with Gasteiger partial charge in [-0.1, -0.05) is 12.1 Å². The van der Waals surface area contributed by atoms with Crippen LogP contribution in [0.4, 0.5) is 5.69 Å². The molecule has 0 radical (unpaired) electrons. The van der Waals surface area contributed by atoms with Crippen molar-refractivity contribution in [1.82, 2.24) is 9.80 Å². The van der Waals surface area contributed by atoms with Crippen LogP contribution in [0.25, 0.3) is 0 Å². The van der Waals surface area contributed by atoms with Gasteiger partial charge >= 0.3 is 0 Å². The van der Waals surface area contributed by atoms with E-state index in [1.807, 2.05) is 12.1 Å². The number of amides is 1. The number of rotatable bonds is 9. The normalized spacial score (nSPS) is 15.5. The molecule has 0 saturated carbocycles. The van der Waals surface area contributed by atoms with Crippen LogP contribution < -0.4 is 10.1 Å². The first-order chi connectivity index (χ1) is 14.8. The largest absolute Gasteiger partial charge is 0.494 e. The Morgan fingerprint density at radius 3 is 2.26 bits per heavy atom. The summed E-state index contributed by atoms with van der Waals surface area (Å²) >= 11 is 0. The predicted molar refractivity (Wildman–Crippen MR) is 122 cm³/mol. The Morgan fingerprint density at radius 1 is 1.00 bits per heavy atom. The number of carbonyl (C=O) groups is 1. The van der Waals surface area contributed by atoms with Crippen LogP contribution in [0.3, 0.4) is 0 Å². The van der Waals surface area contributed by atoms with Crippen molar-refractivity contribution in [2.45, 2.75) is 24.3 Å². The maximum Gasteiger partial charge on any atom is 0.224 e. The number of hydrogen-bond acceptors (Lipinski definition) is 6. The van der Waals surface area contributed by atoms with E-state index in [0.29, 0.717) is 25.2 Å². The van der Waals surface area contributed by atoms with Crippen molar-refractivity contribution < 1.29 is 17.9 Å². The van der Waals surface area contributed by atoms with E-state index < -0.39 is 9.84 Å². The highest BCUT2D eigenvalue weighted by Crippen LogP contribution is 2.16. The predicted octanol–water partition coefficient (Wildman–Crippen LogP) is 2.64. The van der Waals surface area contributed by atoms with Crippen molar-refractivity contribution in [2.75, 3.05) is 51.4 Å². The molecule has 0 bridgehead atoms. The molecular formula is C23H31N3O4S. The summed E-state index contributed by atoms with van der Waals surface area (Å²) in [7, 11) is -1.06. The summed E-state index contributed by atoms with van der Waals surface area (Å²) in [6.45, 7) is 5.69. The molecule has 168 valence electrons. The minimum absolute atomic E-state index is 0.0529. The Morgan fingerprint density at radius 2 is 1.65 bits per heavy atom. The lowest BCUT2D eigenvalue weighted by Crippen LogP contribution is -2.43. The fourth-order valence-corrected chi connectivity index (χ4v) is 4.02. The Bertz CT molecular complexity index is 951. The topological polar surface area (TPSA) is 79.0 Å². The average molecular weight is 446 g/mol. The molecule has 2 aromatic carbocycles. The van der Waals surface area contributed by atoms with Gasteiger partial charge in [-0.3, -0.25) is 9.69 Å². The summed E-state index contributed by atoms with van der Waals surface area (Å²) in [5.41, 5.74) is 2.04. The van der Waals surface area contributed by atoms with E-state index in [1.165, 1.54) is 24.0 Å². The summed E-state index contributed by atoms with van der Waals surface area (Å²) in [5.74, 6) is 0.534. The third kappa shape index (κ3) is 7.65. The first kappa shape index (κ1) is 23.2. The Balaban J connectivity index is 1.36. The molecule has 3 rings (SSSR count). The molecule has 1 amide bonds. The highest BCUT2D eigenvalue weighted by Gasteiger charge is 2.13. The van der Waals surface area contributed by atoms with Crippen molar-refractivity contribution in [3.8, 4) is 5.75 Å². The Labute approximate surface area is 184 Å². The first-order valence-electron chi connectivity index (χ1n) is 10.5. The number of anilines is 1. The summed E-state index contributed by atoms with van der Waals surface area (Å²) in [4.78, 5) is 17.2. The zero-order valence-electron chi connectivity index (χ0n) is 18.2. The quantitative estimate of drug-likeness (QED) is 0.598. The number of nitrogens with zero attached hydrogens (tertiary/aromatic N) is 2. The first-order valence-corrected chi connectivity index (χ1v) is 12.4. The van der Waals surface area contributed by atoms with Crippen LogP contribution in [0.15, 0.2) is 53.4 Å². The molecule has 0 atom stereocenters. The van der Waals surface area contributed by atoms with Crippen molar-refractivity contribution in [2.24, 2.45) is 0 Å². The summed E-state index contributed by atoms with van der Waals surface area (Å²) in [6, 6.07) is 14.3. The molecule has 0 aliphatic carbocycles. The molecule has 8 heteroatoms. The second-order valence-corrected chi connectivity index (χ2v) is 10.0. The van der Waals surface area contributed by atoms with Crippen LogP contribution in [0, 0.1) is 0 Å². The second kappa shape index (κ2) is 10.7. The summed E-state index contributed by atoms with van der Waals surface area (Å²) in [6.07, 6.45) is 2.09. The highest BCUT2D eigenvalue weighted by atomic mass is 32.2. The summed E-state index contributed by atoms with van der Waals surface area (Å²) < 4.78 is 28.5. The van der Waals surface area contributed by atoms with E-state index in [4.69, 9.17) is 4.74 Å². The van der Waals surface area contributed by atoms with Crippen molar-refractivity contribution in [1.29, 1.82) is 0 Å². The Hall–Kier alpha value is -2.42. The van der Waals surface area contributed by atoms with Crippen LogP contribution in [0.2, 0.25) is 0 Å². The zero-order valence-corrected chi connectivity index (χ0v) is 19.0. The number of carbonyl (C=O) groups excluding carboxylic acids is 1. The SMILES string of the molecule is CN1CCN(Cc2ccc(NC(=O)CCCOc3ccc(S(C)(=O)=O)cc3)cc2)CC1. The Kier molecular flexibility index (Phi) is 8.06. The average Bonchev–Trinajstić information content (AvgIpc) is 2.74. The molecule has 0 aromatic heterocycles. The van der Waals surface area contributed by atoms with E-state index in [0.717, 1.165) is 38.4 Å². The minimum Gasteiger partial charge on any atom is -0.494 e. The van der Waals surface area contributed by atoms with Gasteiger partial charge in [0.05, 0.1) is 11.5 Å². The van der Waals surface area contributed by atoms with Crippen LogP contribution in [0.5, 0.6) is 5.75 Å². The molecule has 1 fully saturated rings. The zero-order chi connectivity index (χ0) is 22.3. The second-order valence-electron chi connectivity index (χ2n) is 8.02. The fraction of sp³-hybridized carbons (Fsp3) is 0.435. The molecule has 1 saturated heterocycles. The molecule has 0 spiro atoms. The third-order valence-corrected chi connectivity index (χ3v) is 6.44. The standard InChI is InChI=1S/C23H31N3O4S/c1-25-13-15-26(16-14-25)18-19-5-7-20(8-6-19)24-23(27)4-3-17-30-21-9-11-22(12-10-21)31(2,28)29/h5-12H,3-4,13-18H2,1-2H3,(H,24,27). The number of nitrogens with one attached hydrogen (secondary N) is 1. The van der Waals surface area contributed by atoms with Gasteiger partial charge < -0.3 is 15.0 Å². The lowest BCUT2D eigenvalue weighted by Gasteiger charge is -2.32. The summed E-state index contributed by atoms with van der Waals surface area (Å²) in [5, 5.41) is 2.92. The molecule has 1 aliphatic heterocycles. The van der Waals surface area contributed by atoms with E-state index in [1.54, 1.807) is 12.1 Å². The van der Waals surface area contributed by atoms with E-state index in [2.05, 4.69) is 34.3 Å². The van der Waals surface area contributed by atoms with Gasteiger partial charge in [0, 0.05) is 51.1 Å². The number of ether oxygens (including phenoxy) is 1. The third-order valence-electron chi connectivity index (χ3n) is 5.31. The molecule has 2 aromatic rings. The fourth-order valence-electron chi connectivity index (χ4n) is 3.39. The molecular weight excluding hydrogens is 414 g/mol. The number of sulfone groups is 1. The van der Waals surface area contributed by atoms with E-state index in [-0.39, 0.29) is 10.8 Å². The lowest BCUT2D eigenvalue weighted by atomic mass is 10.1. The van der Waals surface area contributed by atoms with E-state index in [9.17, 15) is 13.2 Å². The maximum absolute atomic E-state index is 12.2. The minimum atomic E-state index is -3.21. The van der Waals surface area contributed by atoms with Gasteiger partial charge in [0.25, 0.3) is 0 Å². The van der Waals surface area contributed by atoms with Gasteiger partial charge in [0.2, 0.25) is 5.91 Å². The number of piperazine rings is 1. The van der Waals surface area contributed by atoms with Crippen LogP contribution >= 0.6 is 0 Å². The van der Waals surface area contributed by atoms with Crippen LogP contribution in [0.1, 0.15) is 18.4 Å². The number of likely N-dealkylation sites (N-methyl/N-ethyl adjacent to an activating group) is 1. The van der Waals surface area contributed by atoms with Crippen molar-refractivity contribution in [3.05, 3.63) is 54.1 Å². The number of benzene rings is 2. The van der Waals surface area contributed by atoms with Gasteiger partial charge in [-0.15, -0.1) is 0 Å². The molecule has 1 aliphatic rings. The smallest absolute Gasteiger partial charge is 0.224 e. The van der Waals surface area contributed by atoms with Crippen LogP contribution in [-0.2, 0) is 21.2 Å². The maximum atomic E-state index is 12.2. The monoisotopic (exact) mass is 445 g/mol.